The van der Waals surface area contributed by atoms with E-state index < -0.39 is 0 Å². The highest BCUT2D eigenvalue weighted by Gasteiger charge is 2.27. The molecule has 196 valence electrons. The van der Waals surface area contributed by atoms with E-state index in [4.69, 9.17) is 9.97 Å². The summed E-state index contributed by atoms with van der Waals surface area (Å²) in [5.41, 5.74) is 4.55. The Morgan fingerprint density at radius 2 is 1.61 bits per heavy atom. The molecule has 0 radical (unpaired) electrons. The lowest BCUT2D eigenvalue weighted by molar-refractivity contribution is 0.0746. The maximum absolute atomic E-state index is 13.3. The van der Waals surface area contributed by atoms with E-state index in [1.165, 1.54) is 51.9 Å². The summed E-state index contributed by atoms with van der Waals surface area (Å²) in [6.07, 6.45) is 9.33. The summed E-state index contributed by atoms with van der Waals surface area (Å²) in [6, 6.07) is 18.3. The number of fused-ring (bicyclic) bond motifs is 3. The SMILES string of the molecule is CCCCc1nc(N2CCN(C(=O)c3ccc(-c4ccccc4)cc3)CC2)c2c3c(sc2n1)CCCCC3. The van der Waals surface area contributed by atoms with Crippen LogP contribution < -0.4 is 4.90 Å². The van der Waals surface area contributed by atoms with Gasteiger partial charge in [-0.1, -0.05) is 62.2 Å². The number of nitrogens with zero attached hydrogens (tertiary/aromatic N) is 4. The van der Waals surface area contributed by atoms with E-state index in [9.17, 15) is 4.79 Å². The average Bonchev–Trinajstić information content (AvgIpc) is 3.16. The monoisotopic (exact) mass is 524 g/mol. The lowest BCUT2D eigenvalue weighted by Crippen LogP contribution is -2.49. The fourth-order valence-electron chi connectivity index (χ4n) is 5.77. The Labute approximate surface area is 229 Å². The second-order valence-corrected chi connectivity index (χ2v) is 11.6. The van der Waals surface area contributed by atoms with Crippen molar-refractivity contribution < 1.29 is 4.79 Å². The molecular weight excluding hydrogens is 488 g/mol. The lowest BCUT2D eigenvalue weighted by Gasteiger charge is -2.36. The van der Waals surface area contributed by atoms with Gasteiger partial charge < -0.3 is 9.80 Å². The number of rotatable bonds is 6. The smallest absolute Gasteiger partial charge is 0.253 e. The summed E-state index contributed by atoms with van der Waals surface area (Å²) < 4.78 is 0. The molecule has 2 aromatic heterocycles. The summed E-state index contributed by atoms with van der Waals surface area (Å²) in [7, 11) is 0. The molecule has 6 rings (SSSR count). The van der Waals surface area contributed by atoms with Gasteiger partial charge in [0.25, 0.3) is 5.91 Å². The van der Waals surface area contributed by atoms with Gasteiger partial charge in [-0.05, 0) is 60.9 Å². The first-order valence-electron chi connectivity index (χ1n) is 14.2. The van der Waals surface area contributed by atoms with E-state index in [0.717, 1.165) is 61.5 Å². The minimum absolute atomic E-state index is 0.116. The Morgan fingerprint density at radius 1 is 0.868 bits per heavy atom. The van der Waals surface area contributed by atoms with Crippen LogP contribution in [0.5, 0.6) is 0 Å². The van der Waals surface area contributed by atoms with Gasteiger partial charge in [0.2, 0.25) is 0 Å². The van der Waals surface area contributed by atoms with Gasteiger partial charge >= 0.3 is 0 Å². The zero-order valence-electron chi connectivity index (χ0n) is 22.3. The standard InChI is InChI=1S/C32H36N4OS/c1-2-3-14-28-33-30(29-26-12-8-5-9-13-27(26)38-31(29)34-28)35-19-21-36(22-20-35)32(37)25-17-15-24(16-18-25)23-10-6-4-7-11-23/h4,6-7,10-11,15-18H,2-3,5,8-9,12-14,19-22H2,1H3. The molecule has 1 saturated heterocycles. The molecule has 0 unspecified atom stereocenters. The van der Waals surface area contributed by atoms with Crippen molar-refractivity contribution in [2.24, 2.45) is 0 Å². The van der Waals surface area contributed by atoms with Crippen LogP contribution in [0.25, 0.3) is 21.3 Å². The molecule has 2 aromatic carbocycles. The normalized spacial score (nSPS) is 15.9. The van der Waals surface area contributed by atoms with Crippen LogP contribution in [0.2, 0.25) is 0 Å². The first-order chi connectivity index (χ1) is 18.7. The van der Waals surface area contributed by atoms with E-state index in [-0.39, 0.29) is 5.91 Å². The van der Waals surface area contributed by atoms with Crippen LogP contribution in [-0.4, -0.2) is 47.0 Å². The minimum Gasteiger partial charge on any atom is -0.352 e. The van der Waals surface area contributed by atoms with Gasteiger partial charge in [-0.3, -0.25) is 4.79 Å². The Morgan fingerprint density at radius 3 is 2.37 bits per heavy atom. The number of carbonyl (C=O) groups excluding carboxylic acids is 1. The van der Waals surface area contributed by atoms with Crippen LogP contribution in [0.15, 0.2) is 54.6 Å². The number of unbranched alkanes of at least 4 members (excludes halogenated alkanes) is 1. The van der Waals surface area contributed by atoms with Gasteiger partial charge in [0.15, 0.2) is 0 Å². The summed E-state index contributed by atoms with van der Waals surface area (Å²) in [5.74, 6) is 2.20. The van der Waals surface area contributed by atoms with Crippen LogP contribution in [-0.2, 0) is 19.3 Å². The van der Waals surface area contributed by atoms with Crippen molar-refractivity contribution in [3.63, 3.8) is 0 Å². The van der Waals surface area contributed by atoms with E-state index in [1.807, 2.05) is 46.6 Å². The lowest BCUT2D eigenvalue weighted by atomic mass is 10.0. The minimum atomic E-state index is 0.116. The van der Waals surface area contributed by atoms with Crippen molar-refractivity contribution in [2.45, 2.75) is 58.3 Å². The molecule has 1 aliphatic heterocycles. The van der Waals surface area contributed by atoms with Crippen molar-refractivity contribution in [1.82, 2.24) is 14.9 Å². The Balaban J connectivity index is 1.21. The Kier molecular flexibility index (Phi) is 7.41. The van der Waals surface area contributed by atoms with Crippen LogP contribution in [0.4, 0.5) is 5.82 Å². The van der Waals surface area contributed by atoms with Gasteiger partial charge in [-0.15, -0.1) is 11.3 Å². The van der Waals surface area contributed by atoms with Gasteiger partial charge in [0, 0.05) is 43.0 Å². The molecule has 4 aromatic rings. The topological polar surface area (TPSA) is 49.3 Å². The second-order valence-electron chi connectivity index (χ2n) is 10.5. The van der Waals surface area contributed by atoms with Gasteiger partial charge in [0.1, 0.15) is 16.5 Å². The maximum Gasteiger partial charge on any atom is 0.253 e. The third-order valence-electron chi connectivity index (χ3n) is 7.95. The summed E-state index contributed by atoms with van der Waals surface area (Å²) >= 11 is 1.90. The fraction of sp³-hybridized carbons (Fsp3) is 0.406. The molecule has 3 heterocycles. The molecule has 1 fully saturated rings. The van der Waals surface area contributed by atoms with Crippen molar-refractivity contribution in [3.8, 4) is 11.1 Å². The number of hydrogen-bond acceptors (Lipinski definition) is 5. The summed E-state index contributed by atoms with van der Waals surface area (Å²) in [4.78, 5) is 30.6. The van der Waals surface area contributed by atoms with Crippen LogP contribution in [0.3, 0.4) is 0 Å². The van der Waals surface area contributed by atoms with Crippen molar-refractivity contribution in [1.29, 1.82) is 0 Å². The van der Waals surface area contributed by atoms with E-state index in [2.05, 4.69) is 36.1 Å². The molecular formula is C32H36N4OS. The number of aromatic nitrogens is 2. The predicted molar refractivity (Wildman–Crippen MR) is 157 cm³/mol. The summed E-state index contributed by atoms with van der Waals surface area (Å²) in [5, 5.41) is 1.29. The second kappa shape index (κ2) is 11.2. The molecule has 1 amide bonds. The van der Waals surface area contributed by atoms with Crippen LogP contribution in [0.1, 0.15) is 65.7 Å². The van der Waals surface area contributed by atoms with Crippen molar-refractivity contribution in [3.05, 3.63) is 76.4 Å². The number of piperazine rings is 1. The molecule has 0 saturated carbocycles. The maximum atomic E-state index is 13.3. The number of thiophene rings is 1. The van der Waals surface area contributed by atoms with E-state index in [1.54, 1.807) is 0 Å². The predicted octanol–water partition coefficient (Wildman–Crippen LogP) is 6.93. The molecule has 2 aliphatic rings. The van der Waals surface area contributed by atoms with Crippen LogP contribution >= 0.6 is 11.3 Å². The molecule has 38 heavy (non-hydrogen) atoms. The number of carbonyl (C=O) groups is 1. The number of benzene rings is 2. The number of amides is 1. The number of aryl methyl sites for hydroxylation is 3. The Bertz CT molecular complexity index is 1410. The van der Waals surface area contributed by atoms with Gasteiger partial charge in [0.05, 0.1) is 5.39 Å². The highest BCUT2D eigenvalue weighted by atomic mass is 32.1. The molecule has 0 N–H and O–H groups in total. The molecule has 5 nitrogen and oxygen atoms in total. The van der Waals surface area contributed by atoms with Gasteiger partial charge in [-0.2, -0.15) is 0 Å². The quantitative estimate of drug-likeness (QED) is 0.257. The molecule has 0 bridgehead atoms. The molecule has 6 heteroatoms. The third kappa shape index (κ3) is 5.06. The first kappa shape index (κ1) is 25.1. The van der Waals surface area contributed by atoms with E-state index >= 15 is 0 Å². The van der Waals surface area contributed by atoms with Crippen LogP contribution in [0, 0.1) is 0 Å². The zero-order chi connectivity index (χ0) is 25.9. The third-order valence-corrected chi connectivity index (χ3v) is 9.14. The van der Waals surface area contributed by atoms with E-state index in [0.29, 0.717) is 13.1 Å². The zero-order valence-corrected chi connectivity index (χ0v) is 23.1. The number of anilines is 1. The molecule has 1 aliphatic carbocycles. The largest absolute Gasteiger partial charge is 0.352 e. The Hall–Kier alpha value is -3.25. The highest BCUT2D eigenvalue weighted by molar-refractivity contribution is 7.19. The van der Waals surface area contributed by atoms with Crippen molar-refractivity contribution in [2.75, 3.05) is 31.1 Å². The molecule has 0 atom stereocenters. The average molecular weight is 525 g/mol. The van der Waals surface area contributed by atoms with Crippen molar-refractivity contribution >= 4 is 33.3 Å². The number of hydrogen-bond donors (Lipinski definition) is 0. The molecule has 0 spiro atoms. The fourth-order valence-corrected chi connectivity index (χ4v) is 7.05. The summed E-state index contributed by atoms with van der Waals surface area (Å²) in [6.45, 7) is 5.25. The van der Waals surface area contributed by atoms with Gasteiger partial charge in [-0.25, -0.2) is 9.97 Å². The highest BCUT2D eigenvalue weighted by Crippen LogP contribution is 2.39. The first-order valence-corrected chi connectivity index (χ1v) is 15.0.